The highest BCUT2D eigenvalue weighted by Gasteiger charge is 2.01. The smallest absolute Gasteiger partial charge is 0.191 e. The lowest BCUT2D eigenvalue weighted by molar-refractivity contribution is 0.684. The Kier molecular flexibility index (Phi) is 5.97. The molecule has 0 radical (unpaired) electrons. The van der Waals surface area contributed by atoms with Gasteiger partial charge in [0.25, 0.3) is 0 Å². The van der Waals surface area contributed by atoms with Crippen LogP contribution in [0.15, 0.2) is 10.4 Å². The third-order valence-electron chi connectivity index (χ3n) is 2.18. The van der Waals surface area contributed by atoms with Gasteiger partial charge < -0.3 is 10.6 Å². The molecule has 0 aliphatic heterocycles. The largest absolute Gasteiger partial charge is 0.356 e. The highest BCUT2D eigenvalue weighted by Crippen LogP contribution is 2.10. The Bertz CT molecular complexity index is 357. The number of hydrogen-bond donors (Lipinski definition) is 2. The highest BCUT2D eigenvalue weighted by atomic mass is 32.1. The second kappa shape index (κ2) is 7.27. The van der Waals surface area contributed by atoms with Crippen molar-refractivity contribution in [2.24, 2.45) is 4.99 Å². The van der Waals surface area contributed by atoms with Crippen LogP contribution in [-0.2, 0) is 6.42 Å². The molecule has 0 aliphatic carbocycles. The van der Waals surface area contributed by atoms with Crippen LogP contribution in [0.2, 0.25) is 0 Å². The Labute approximate surface area is 108 Å². The first kappa shape index (κ1) is 14.0. The fourth-order valence-corrected chi connectivity index (χ4v) is 2.25. The van der Waals surface area contributed by atoms with E-state index in [1.54, 1.807) is 18.4 Å². The van der Waals surface area contributed by atoms with E-state index in [-0.39, 0.29) is 0 Å². The maximum absolute atomic E-state index is 4.44. The summed E-state index contributed by atoms with van der Waals surface area (Å²) in [5.74, 6) is 0.871. The number of aliphatic imine (C=N–C) groups is 1. The summed E-state index contributed by atoms with van der Waals surface area (Å²) in [6.07, 6.45) is 2.11. The Morgan fingerprint density at radius 3 is 2.82 bits per heavy atom. The van der Waals surface area contributed by atoms with E-state index < -0.39 is 0 Å². The molecule has 0 aromatic carbocycles. The second-order valence-electron chi connectivity index (χ2n) is 4.28. The summed E-state index contributed by atoms with van der Waals surface area (Å²) in [5.41, 5.74) is 1.12. The zero-order chi connectivity index (χ0) is 12.7. The molecule has 0 saturated heterocycles. The molecule has 0 bridgehead atoms. The summed E-state index contributed by atoms with van der Waals surface area (Å²) >= 11 is 1.74. The van der Waals surface area contributed by atoms with Gasteiger partial charge in [-0.2, -0.15) is 0 Å². The normalized spacial score (nSPS) is 11.9. The van der Waals surface area contributed by atoms with Crippen LogP contribution < -0.4 is 10.6 Å². The van der Waals surface area contributed by atoms with Crippen LogP contribution in [0.4, 0.5) is 0 Å². The van der Waals surface area contributed by atoms with Crippen molar-refractivity contribution >= 4 is 17.3 Å². The van der Waals surface area contributed by atoms with E-state index in [1.807, 2.05) is 6.92 Å². The van der Waals surface area contributed by atoms with Crippen molar-refractivity contribution in [1.82, 2.24) is 15.6 Å². The van der Waals surface area contributed by atoms with Crippen molar-refractivity contribution in [2.45, 2.75) is 39.7 Å². The number of guanidine groups is 1. The van der Waals surface area contributed by atoms with Crippen molar-refractivity contribution < 1.29 is 0 Å². The van der Waals surface area contributed by atoms with E-state index in [2.05, 4.69) is 39.8 Å². The van der Waals surface area contributed by atoms with Crippen molar-refractivity contribution in [3.05, 3.63) is 16.1 Å². The van der Waals surface area contributed by atoms with E-state index in [0.717, 1.165) is 31.0 Å². The predicted octanol–water partition coefficient (Wildman–Crippen LogP) is 1.96. The summed E-state index contributed by atoms with van der Waals surface area (Å²) in [6.45, 7) is 7.16. The number of hydrogen-bond acceptors (Lipinski definition) is 3. The molecule has 96 valence electrons. The maximum Gasteiger partial charge on any atom is 0.191 e. The van der Waals surface area contributed by atoms with E-state index in [0.29, 0.717) is 6.04 Å². The molecule has 5 heteroatoms. The van der Waals surface area contributed by atoms with Crippen LogP contribution in [0.5, 0.6) is 0 Å². The summed E-state index contributed by atoms with van der Waals surface area (Å²) in [5, 5.41) is 9.87. The van der Waals surface area contributed by atoms with Gasteiger partial charge in [0.1, 0.15) is 0 Å². The number of aromatic nitrogens is 1. The average Bonchev–Trinajstić information content (AvgIpc) is 2.68. The van der Waals surface area contributed by atoms with Gasteiger partial charge in [0.15, 0.2) is 5.96 Å². The zero-order valence-electron chi connectivity index (χ0n) is 11.1. The zero-order valence-corrected chi connectivity index (χ0v) is 11.9. The van der Waals surface area contributed by atoms with Crippen LogP contribution in [0.3, 0.4) is 0 Å². The van der Waals surface area contributed by atoms with E-state index in [4.69, 9.17) is 0 Å². The van der Waals surface area contributed by atoms with Gasteiger partial charge in [0, 0.05) is 37.1 Å². The quantitative estimate of drug-likeness (QED) is 0.480. The fraction of sp³-hybridized carbons (Fsp3) is 0.667. The monoisotopic (exact) mass is 254 g/mol. The van der Waals surface area contributed by atoms with Gasteiger partial charge in [-0.1, -0.05) is 0 Å². The summed E-state index contributed by atoms with van der Waals surface area (Å²) in [6, 6.07) is 0.405. The van der Waals surface area contributed by atoms with Crippen LogP contribution in [0.1, 0.15) is 31.0 Å². The van der Waals surface area contributed by atoms with Crippen molar-refractivity contribution in [3.63, 3.8) is 0 Å². The van der Waals surface area contributed by atoms with Gasteiger partial charge in [0.2, 0.25) is 0 Å². The van der Waals surface area contributed by atoms with E-state index in [1.165, 1.54) is 5.01 Å². The third-order valence-corrected chi connectivity index (χ3v) is 3.20. The van der Waals surface area contributed by atoms with Crippen molar-refractivity contribution in [3.8, 4) is 0 Å². The minimum absolute atomic E-state index is 0.405. The molecule has 0 unspecified atom stereocenters. The molecule has 0 saturated carbocycles. The molecule has 0 spiro atoms. The first-order valence-corrected chi connectivity index (χ1v) is 6.88. The summed E-state index contributed by atoms with van der Waals surface area (Å²) in [7, 11) is 1.79. The lowest BCUT2D eigenvalue weighted by Gasteiger charge is -2.13. The molecule has 0 aliphatic rings. The number of thiazole rings is 1. The number of nitrogens with one attached hydrogen (secondary N) is 2. The second-order valence-corrected chi connectivity index (χ2v) is 5.23. The topological polar surface area (TPSA) is 49.3 Å². The molecule has 2 N–H and O–H groups in total. The highest BCUT2D eigenvalue weighted by molar-refractivity contribution is 7.09. The molecule has 1 rings (SSSR count). The molecular weight excluding hydrogens is 232 g/mol. The SMILES string of the molecule is CN=C(NCCCc1nc(C)cs1)NC(C)C. The van der Waals surface area contributed by atoms with Crippen LogP contribution >= 0.6 is 11.3 Å². The third kappa shape index (κ3) is 5.68. The standard InChI is InChI=1S/C12H22N4S/c1-9(2)15-12(13-4)14-7-5-6-11-16-10(3)8-17-11/h8-9H,5-7H2,1-4H3,(H2,13,14,15). The summed E-state index contributed by atoms with van der Waals surface area (Å²) in [4.78, 5) is 8.60. The summed E-state index contributed by atoms with van der Waals surface area (Å²) < 4.78 is 0. The van der Waals surface area contributed by atoms with Gasteiger partial charge in [-0.15, -0.1) is 11.3 Å². The van der Waals surface area contributed by atoms with Gasteiger partial charge >= 0.3 is 0 Å². The Morgan fingerprint density at radius 1 is 1.53 bits per heavy atom. The first-order chi connectivity index (χ1) is 8.11. The number of rotatable bonds is 5. The fourth-order valence-electron chi connectivity index (χ4n) is 1.43. The average molecular weight is 254 g/mol. The Hall–Kier alpha value is -1.10. The van der Waals surface area contributed by atoms with Gasteiger partial charge in [-0.3, -0.25) is 4.99 Å². The molecule has 1 aromatic rings. The maximum atomic E-state index is 4.44. The van der Waals surface area contributed by atoms with Crippen LogP contribution in [-0.4, -0.2) is 30.6 Å². The Morgan fingerprint density at radius 2 is 2.29 bits per heavy atom. The minimum Gasteiger partial charge on any atom is -0.356 e. The molecule has 0 fully saturated rings. The minimum atomic E-state index is 0.405. The molecule has 1 heterocycles. The first-order valence-electron chi connectivity index (χ1n) is 6.00. The molecule has 1 aromatic heterocycles. The van der Waals surface area contributed by atoms with Crippen LogP contribution in [0.25, 0.3) is 0 Å². The van der Waals surface area contributed by atoms with Gasteiger partial charge in [-0.05, 0) is 27.2 Å². The van der Waals surface area contributed by atoms with Gasteiger partial charge in [0.05, 0.1) is 5.01 Å². The number of aryl methyl sites for hydroxylation is 2. The molecule has 4 nitrogen and oxygen atoms in total. The van der Waals surface area contributed by atoms with Crippen molar-refractivity contribution in [2.75, 3.05) is 13.6 Å². The van der Waals surface area contributed by atoms with Crippen molar-refractivity contribution in [1.29, 1.82) is 0 Å². The van der Waals surface area contributed by atoms with E-state index >= 15 is 0 Å². The predicted molar refractivity (Wildman–Crippen MR) is 74.8 cm³/mol. The molecule has 0 atom stereocenters. The lowest BCUT2D eigenvalue weighted by atomic mass is 10.3. The lowest BCUT2D eigenvalue weighted by Crippen LogP contribution is -2.41. The Balaban J connectivity index is 2.19. The van der Waals surface area contributed by atoms with Gasteiger partial charge in [-0.25, -0.2) is 4.98 Å². The molecular formula is C12H22N4S. The number of nitrogens with zero attached hydrogens (tertiary/aromatic N) is 2. The van der Waals surface area contributed by atoms with Crippen LogP contribution in [0, 0.1) is 6.92 Å². The van der Waals surface area contributed by atoms with E-state index in [9.17, 15) is 0 Å². The molecule has 17 heavy (non-hydrogen) atoms. The molecule has 0 amide bonds.